The van der Waals surface area contributed by atoms with E-state index in [1.165, 1.54) is 0 Å². The number of aromatic nitrogens is 1. The van der Waals surface area contributed by atoms with Crippen molar-refractivity contribution in [2.45, 2.75) is 13.3 Å². The van der Waals surface area contributed by atoms with Crippen LogP contribution >= 0.6 is 0 Å². The summed E-state index contributed by atoms with van der Waals surface area (Å²) < 4.78 is 0. The highest BCUT2D eigenvalue weighted by Crippen LogP contribution is 2.35. The summed E-state index contributed by atoms with van der Waals surface area (Å²) in [6.45, 7) is 2.69. The van der Waals surface area contributed by atoms with Crippen LogP contribution in [0.3, 0.4) is 0 Å². The fraction of sp³-hybridized carbons (Fsp3) is 0.545. The van der Waals surface area contributed by atoms with Gasteiger partial charge in [-0.15, -0.1) is 0 Å². The first-order valence-electron chi connectivity index (χ1n) is 5.79. The van der Waals surface area contributed by atoms with Crippen molar-refractivity contribution < 1.29 is 4.92 Å². The van der Waals surface area contributed by atoms with E-state index in [1.807, 2.05) is 6.92 Å². The molecule has 0 aliphatic rings. The molecule has 0 amide bonds. The third-order valence-electron chi connectivity index (χ3n) is 2.40. The lowest BCUT2D eigenvalue weighted by molar-refractivity contribution is -0.383. The first-order chi connectivity index (χ1) is 8.51. The standard InChI is InChI=1S/C11H19N5O2/c1-5-6-13-8-7-9(12-2)14-11(15(3)4)10(8)16(17)18/h7H,5-6H2,1-4H3,(H2,12,13,14). The summed E-state index contributed by atoms with van der Waals surface area (Å²) in [5.74, 6) is 0.938. The van der Waals surface area contributed by atoms with Gasteiger partial charge in [0.2, 0.25) is 5.82 Å². The van der Waals surface area contributed by atoms with E-state index in [-0.39, 0.29) is 5.69 Å². The van der Waals surface area contributed by atoms with Crippen LogP contribution in [0.15, 0.2) is 6.07 Å². The second kappa shape index (κ2) is 6.04. The molecule has 100 valence electrons. The Morgan fingerprint density at radius 1 is 1.50 bits per heavy atom. The van der Waals surface area contributed by atoms with Gasteiger partial charge in [-0.2, -0.15) is 0 Å². The highest BCUT2D eigenvalue weighted by atomic mass is 16.6. The summed E-state index contributed by atoms with van der Waals surface area (Å²) >= 11 is 0. The number of anilines is 3. The summed E-state index contributed by atoms with van der Waals surface area (Å²) in [4.78, 5) is 16.6. The minimum atomic E-state index is -0.403. The van der Waals surface area contributed by atoms with Gasteiger partial charge in [-0.3, -0.25) is 10.1 Å². The van der Waals surface area contributed by atoms with Crippen LogP contribution in [0.1, 0.15) is 13.3 Å². The molecular formula is C11H19N5O2. The lowest BCUT2D eigenvalue weighted by Crippen LogP contribution is -2.16. The topological polar surface area (TPSA) is 83.3 Å². The molecule has 0 aliphatic heterocycles. The van der Waals surface area contributed by atoms with Crippen LogP contribution in [-0.2, 0) is 0 Å². The van der Waals surface area contributed by atoms with Crippen LogP contribution in [0.25, 0.3) is 0 Å². The highest BCUT2D eigenvalue weighted by molar-refractivity contribution is 5.77. The maximum absolute atomic E-state index is 11.2. The van der Waals surface area contributed by atoms with Gasteiger partial charge in [0, 0.05) is 33.8 Å². The van der Waals surface area contributed by atoms with E-state index in [9.17, 15) is 10.1 Å². The molecule has 1 heterocycles. The van der Waals surface area contributed by atoms with Crippen molar-refractivity contribution in [3.05, 3.63) is 16.2 Å². The zero-order valence-electron chi connectivity index (χ0n) is 11.1. The smallest absolute Gasteiger partial charge is 0.334 e. The molecule has 0 spiro atoms. The van der Waals surface area contributed by atoms with Gasteiger partial charge in [0.15, 0.2) is 0 Å². The molecule has 2 N–H and O–H groups in total. The number of rotatable bonds is 6. The number of nitrogens with zero attached hydrogens (tertiary/aromatic N) is 3. The van der Waals surface area contributed by atoms with E-state index in [4.69, 9.17) is 0 Å². The Kier molecular flexibility index (Phi) is 4.70. The largest absolute Gasteiger partial charge is 0.379 e. The predicted octanol–water partition coefficient (Wildman–Crippen LogP) is 1.92. The van der Waals surface area contributed by atoms with Gasteiger partial charge in [0.25, 0.3) is 0 Å². The zero-order chi connectivity index (χ0) is 13.7. The van der Waals surface area contributed by atoms with E-state index in [0.29, 0.717) is 23.9 Å². The van der Waals surface area contributed by atoms with E-state index in [0.717, 1.165) is 6.42 Å². The van der Waals surface area contributed by atoms with E-state index in [1.54, 1.807) is 32.1 Å². The maximum atomic E-state index is 11.2. The zero-order valence-corrected chi connectivity index (χ0v) is 11.1. The van der Waals surface area contributed by atoms with Crippen LogP contribution in [0, 0.1) is 10.1 Å². The van der Waals surface area contributed by atoms with Crippen molar-refractivity contribution in [1.29, 1.82) is 0 Å². The normalized spacial score (nSPS) is 10.0. The number of nitrogens with one attached hydrogen (secondary N) is 2. The van der Waals surface area contributed by atoms with Gasteiger partial charge in [-0.1, -0.05) is 6.92 Å². The summed E-state index contributed by atoms with van der Waals surface area (Å²) in [7, 11) is 5.20. The Morgan fingerprint density at radius 3 is 2.61 bits per heavy atom. The van der Waals surface area contributed by atoms with Crippen molar-refractivity contribution in [3.63, 3.8) is 0 Å². The molecule has 0 fully saturated rings. The lowest BCUT2D eigenvalue weighted by Gasteiger charge is -2.16. The Morgan fingerprint density at radius 2 is 2.17 bits per heavy atom. The van der Waals surface area contributed by atoms with Crippen LogP contribution in [0.4, 0.5) is 23.0 Å². The Bertz CT molecular complexity index is 434. The molecule has 0 bridgehead atoms. The molecule has 7 heteroatoms. The molecule has 0 radical (unpaired) electrons. The number of hydrogen-bond acceptors (Lipinski definition) is 6. The molecule has 0 saturated carbocycles. The lowest BCUT2D eigenvalue weighted by atomic mass is 10.3. The van der Waals surface area contributed by atoms with Crippen LogP contribution in [0.2, 0.25) is 0 Å². The molecule has 1 aromatic heterocycles. The molecule has 1 rings (SSSR count). The molecule has 0 aromatic carbocycles. The first kappa shape index (κ1) is 14.0. The number of nitro groups is 1. The van der Waals surface area contributed by atoms with Gasteiger partial charge in [0.1, 0.15) is 11.5 Å². The summed E-state index contributed by atoms with van der Waals surface area (Å²) in [5, 5.41) is 17.2. The SMILES string of the molecule is CCCNc1cc(NC)nc(N(C)C)c1[N+](=O)[O-]. The molecular weight excluding hydrogens is 234 g/mol. The van der Waals surface area contributed by atoms with Gasteiger partial charge < -0.3 is 15.5 Å². The quantitative estimate of drug-likeness (QED) is 0.595. The summed E-state index contributed by atoms with van der Waals surface area (Å²) in [6.07, 6.45) is 0.895. The van der Waals surface area contributed by atoms with E-state index in [2.05, 4.69) is 15.6 Å². The molecule has 0 aliphatic carbocycles. The molecule has 1 aromatic rings. The minimum Gasteiger partial charge on any atom is -0.379 e. The highest BCUT2D eigenvalue weighted by Gasteiger charge is 2.24. The van der Waals surface area contributed by atoms with Gasteiger partial charge in [-0.25, -0.2) is 4.98 Å². The van der Waals surface area contributed by atoms with Crippen molar-refractivity contribution >= 4 is 23.0 Å². The number of pyridine rings is 1. The van der Waals surface area contributed by atoms with E-state index >= 15 is 0 Å². The Labute approximate surface area is 106 Å². The van der Waals surface area contributed by atoms with Gasteiger partial charge >= 0.3 is 5.69 Å². The Hall–Kier alpha value is -2.05. The first-order valence-corrected chi connectivity index (χ1v) is 5.79. The molecule has 7 nitrogen and oxygen atoms in total. The maximum Gasteiger partial charge on any atom is 0.334 e. The monoisotopic (exact) mass is 253 g/mol. The van der Waals surface area contributed by atoms with Crippen molar-refractivity contribution in [1.82, 2.24) is 4.98 Å². The molecule has 0 saturated heterocycles. The van der Waals surface area contributed by atoms with Crippen LogP contribution in [0.5, 0.6) is 0 Å². The fourth-order valence-electron chi connectivity index (χ4n) is 1.54. The average Bonchev–Trinajstić information content (AvgIpc) is 2.34. The molecule has 0 unspecified atom stereocenters. The van der Waals surface area contributed by atoms with Gasteiger partial charge in [0.05, 0.1) is 4.92 Å². The summed E-state index contributed by atoms with van der Waals surface area (Å²) in [6, 6.07) is 1.65. The third kappa shape index (κ3) is 2.99. The summed E-state index contributed by atoms with van der Waals surface area (Å²) in [5.41, 5.74) is 0.498. The van der Waals surface area contributed by atoms with Gasteiger partial charge in [-0.05, 0) is 6.42 Å². The predicted molar refractivity (Wildman–Crippen MR) is 73.5 cm³/mol. The van der Waals surface area contributed by atoms with Crippen LogP contribution in [-0.4, -0.2) is 37.6 Å². The minimum absolute atomic E-state index is 0.00690. The van der Waals surface area contributed by atoms with E-state index < -0.39 is 4.92 Å². The fourth-order valence-corrected chi connectivity index (χ4v) is 1.54. The van der Waals surface area contributed by atoms with Crippen LogP contribution < -0.4 is 15.5 Å². The van der Waals surface area contributed by atoms with Crippen molar-refractivity contribution in [2.24, 2.45) is 0 Å². The second-order valence-electron chi connectivity index (χ2n) is 4.06. The number of hydrogen-bond donors (Lipinski definition) is 2. The average molecular weight is 253 g/mol. The molecule has 0 atom stereocenters. The Balaban J connectivity index is 3.34. The second-order valence-corrected chi connectivity index (χ2v) is 4.06. The van der Waals surface area contributed by atoms with Crippen molar-refractivity contribution in [3.8, 4) is 0 Å². The van der Waals surface area contributed by atoms with Crippen molar-refractivity contribution in [2.75, 3.05) is 43.2 Å². The third-order valence-corrected chi connectivity index (χ3v) is 2.40. The molecule has 18 heavy (non-hydrogen) atoms.